The predicted octanol–water partition coefficient (Wildman–Crippen LogP) is 3.14. The Labute approximate surface area is 94.2 Å². The lowest BCUT2D eigenvalue weighted by Crippen LogP contribution is -2.01. The van der Waals surface area contributed by atoms with Gasteiger partial charge in [0, 0.05) is 18.9 Å². The third kappa shape index (κ3) is 2.57. The van der Waals surface area contributed by atoms with Crippen LogP contribution in [0, 0.1) is 12.7 Å². The second-order valence-corrected chi connectivity index (χ2v) is 3.67. The molecule has 82 valence electrons. The van der Waals surface area contributed by atoms with Gasteiger partial charge in [0.05, 0.1) is 5.69 Å². The first-order valence-corrected chi connectivity index (χ1v) is 5.14. The van der Waals surface area contributed by atoms with Gasteiger partial charge in [0.1, 0.15) is 5.82 Å². The van der Waals surface area contributed by atoms with E-state index in [9.17, 15) is 4.39 Å². The van der Waals surface area contributed by atoms with E-state index in [4.69, 9.17) is 0 Å². The van der Waals surface area contributed by atoms with E-state index in [1.54, 1.807) is 24.5 Å². The van der Waals surface area contributed by atoms with E-state index >= 15 is 0 Å². The maximum Gasteiger partial charge on any atom is 0.123 e. The Bertz CT molecular complexity index is 469. The Kier molecular flexibility index (Phi) is 3.15. The van der Waals surface area contributed by atoms with Gasteiger partial charge in [-0.25, -0.2) is 4.39 Å². The molecule has 1 aromatic carbocycles. The molecule has 0 aliphatic carbocycles. The first-order valence-electron chi connectivity index (χ1n) is 5.14. The van der Waals surface area contributed by atoms with Crippen LogP contribution in [0.4, 0.5) is 10.1 Å². The summed E-state index contributed by atoms with van der Waals surface area (Å²) in [5.74, 6) is -0.192. The van der Waals surface area contributed by atoms with Gasteiger partial charge in [-0.1, -0.05) is 6.07 Å². The zero-order valence-corrected chi connectivity index (χ0v) is 9.07. The van der Waals surface area contributed by atoms with Gasteiger partial charge in [0.15, 0.2) is 0 Å². The van der Waals surface area contributed by atoms with Gasteiger partial charge in [-0.2, -0.15) is 0 Å². The molecule has 0 spiro atoms. The van der Waals surface area contributed by atoms with Crippen LogP contribution in [0.25, 0.3) is 0 Å². The topological polar surface area (TPSA) is 24.9 Å². The standard InChI is InChI=1S/C13H13FN2/c1-10-7-12(14)5-4-11(10)8-16-13-3-2-6-15-9-13/h2-7,9,16H,8H2,1H3. The number of aromatic nitrogens is 1. The fraction of sp³-hybridized carbons (Fsp3) is 0.154. The maximum atomic E-state index is 12.9. The number of anilines is 1. The van der Waals surface area contributed by atoms with Gasteiger partial charge in [0.2, 0.25) is 0 Å². The van der Waals surface area contributed by atoms with Crippen LogP contribution in [-0.2, 0) is 6.54 Å². The molecule has 0 atom stereocenters. The molecule has 0 bridgehead atoms. The lowest BCUT2D eigenvalue weighted by Gasteiger charge is -2.08. The van der Waals surface area contributed by atoms with Gasteiger partial charge in [-0.05, 0) is 42.3 Å². The summed E-state index contributed by atoms with van der Waals surface area (Å²) in [5, 5.41) is 3.24. The van der Waals surface area contributed by atoms with Crippen LogP contribution in [0.1, 0.15) is 11.1 Å². The molecule has 2 aromatic rings. The van der Waals surface area contributed by atoms with Gasteiger partial charge in [-0.15, -0.1) is 0 Å². The number of rotatable bonds is 3. The minimum Gasteiger partial charge on any atom is -0.380 e. The largest absolute Gasteiger partial charge is 0.380 e. The van der Waals surface area contributed by atoms with Gasteiger partial charge in [-0.3, -0.25) is 4.98 Å². The number of pyridine rings is 1. The van der Waals surface area contributed by atoms with Crippen LogP contribution in [0.3, 0.4) is 0 Å². The van der Waals surface area contributed by atoms with E-state index in [1.807, 2.05) is 19.1 Å². The van der Waals surface area contributed by atoms with Crippen molar-refractivity contribution in [2.24, 2.45) is 0 Å². The highest BCUT2D eigenvalue weighted by Crippen LogP contribution is 2.12. The molecule has 16 heavy (non-hydrogen) atoms. The molecule has 0 aliphatic rings. The van der Waals surface area contributed by atoms with Crippen molar-refractivity contribution in [3.8, 4) is 0 Å². The van der Waals surface area contributed by atoms with Crippen molar-refractivity contribution in [2.75, 3.05) is 5.32 Å². The number of nitrogens with one attached hydrogen (secondary N) is 1. The molecule has 0 fully saturated rings. The molecular weight excluding hydrogens is 203 g/mol. The highest BCUT2D eigenvalue weighted by atomic mass is 19.1. The molecule has 0 saturated carbocycles. The summed E-state index contributed by atoms with van der Waals surface area (Å²) >= 11 is 0. The second-order valence-electron chi connectivity index (χ2n) is 3.67. The van der Waals surface area contributed by atoms with E-state index in [0.717, 1.165) is 16.8 Å². The quantitative estimate of drug-likeness (QED) is 0.852. The molecule has 1 heterocycles. The van der Waals surface area contributed by atoms with Crippen molar-refractivity contribution in [1.82, 2.24) is 4.98 Å². The van der Waals surface area contributed by atoms with E-state index < -0.39 is 0 Å². The summed E-state index contributed by atoms with van der Waals surface area (Å²) < 4.78 is 12.9. The predicted molar refractivity (Wildman–Crippen MR) is 62.7 cm³/mol. The van der Waals surface area contributed by atoms with Crippen molar-refractivity contribution in [2.45, 2.75) is 13.5 Å². The first kappa shape index (κ1) is 10.6. The summed E-state index contributed by atoms with van der Waals surface area (Å²) in [6.45, 7) is 2.58. The van der Waals surface area contributed by atoms with E-state index in [-0.39, 0.29) is 5.82 Å². The van der Waals surface area contributed by atoms with Crippen molar-refractivity contribution in [1.29, 1.82) is 0 Å². The Balaban J connectivity index is 2.05. The monoisotopic (exact) mass is 216 g/mol. The fourth-order valence-electron chi connectivity index (χ4n) is 1.52. The molecule has 3 heteroatoms. The van der Waals surface area contributed by atoms with E-state index in [1.165, 1.54) is 6.07 Å². The normalized spacial score (nSPS) is 10.1. The van der Waals surface area contributed by atoms with Crippen LogP contribution >= 0.6 is 0 Å². The Morgan fingerprint density at radius 1 is 1.31 bits per heavy atom. The highest BCUT2D eigenvalue weighted by molar-refractivity contribution is 5.41. The van der Waals surface area contributed by atoms with Crippen LogP contribution in [0.2, 0.25) is 0 Å². The third-order valence-corrected chi connectivity index (χ3v) is 2.45. The van der Waals surface area contributed by atoms with Crippen LogP contribution in [-0.4, -0.2) is 4.98 Å². The first-order chi connectivity index (χ1) is 7.75. The zero-order valence-electron chi connectivity index (χ0n) is 9.07. The molecule has 0 amide bonds. The summed E-state index contributed by atoms with van der Waals surface area (Å²) in [7, 11) is 0. The number of aryl methyl sites for hydroxylation is 1. The number of hydrogen-bond acceptors (Lipinski definition) is 2. The summed E-state index contributed by atoms with van der Waals surface area (Å²) in [4.78, 5) is 4.01. The molecule has 1 N–H and O–H groups in total. The van der Waals surface area contributed by atoms with Gasteiger partial charge in [0.25, 0.3) is 0 Å². The summed E-state index contributed by atoms with van der Waals surface area (Å²) in [5.41, 5.74) is 3.01. The van der Waals surface area contributed by atoms with Crippen LogP contribution in [0.5, 0.6) is 0 Å². The van der Waals surface area contributed by atoms with Crippen molar-refractivity contribution >= 4 is 5.69 Å². The second kappa shape index (κ2) is 4.75. The molecule has 1 aromatic heterocycles. The SMILES string of the molecule is Cc1cc(F)ccc1CNc1cccnc1. The molecular formula is C13H13FN2. The zero-order chi connectivity index (χ0) is 11.4. The number of hydrogen-bond donors (Lipinski definition) is 1. The van der Waals surface area contributed by atoms with Crippen molar-refractivity contribution in [3.05, 3.63) is 59.7 Å². The van der Waals surface area contributed by atoms with Gasteiger partial charge >= 0.3 is 0 Å². The van der Waals surface area contributed by atoms with Gasteiger partial charge < -0.3 is 5.32 Å². The maximum absolute atomic E-state index is 12.9. The average molecular weight is 216 g/mol. The van der Waals surface area contributed by atoms with Crippen LogP contribution < -0.4 is 5.32 Å². The van der Waals surface area contributed by atoms with Crippen molar-refractivity contribution < 1.29 is 4.39 Å². The minimum absolute atomic E-state index is 0.192. The number of halogens is 1. The third-order valence-electron chi connectivity index (χ3n) is 2.45. The Morgan fingerprint density at radius 3 is 2.88 bits per heavy atom. The average Bonchev–Trinajstić information content (AvgIpc) is 2.29. The molecule has 0 unspecified atom stereocenters. The Hall–Kier alpha value is -1.90. The highest BCUT2D eigenvalue weighted by Gasteiger charge is 1.99. The van der Waals surface area contributed by atoms with Crippen LogP contribution in [0.15, 0.2) is 42.7 Å². The number of benzene rings is 1. The van der Waals surface area contributed by atoms with E-state index in [2.05, 4.69) is 10.3 Å². The lowest BCUT2D eigenvalue weighted by atomic mass is 10.1. The van der Waals surface area contributed by atoms with E-state index in [0.29, 0.717) is 6.54 Å². The lowest BCUT2D eigenvalue weighted by molar-refractivity contribution is 0.625. The van der Waals surface area contributed by atoms with Crippen molar-refractivity contribution in [3.63, 3.8) is 0 Å². The minimum atomic E-state index is -0.192. The smallest absolute Gasteiger partial charge is 0.123 e. The number of nitrogens with zero attached hydrogens (tertiary/aromatic N) is 1. The fourth-order valence-corrected chi connectivity index (χ4v) is 1.52. The summed E-state index contributed by atoms with van der Waals surface area (Å²) in [6, 6.07) is 8.65. The molecule has 0 aliphatic heterocycles. The molecule has 0 radical (unpaired) electrons. The Morgan fingerprint density at radius 2 is 2.19 bits per heavy atom. The molecule has 2 nitrogen and oxygen atoms in total. The molecule has 2 rings (SSSR count). The summed E-state index contributed by atoms with van der Waals surface area (Å²) in [6.07, 6.45) is 3.49. The molecule has 0 saturated heterocycles.